The Morgan fingerprint density at radius 3 is 2.15 bits per heavy atom. The molecule has 0 aliphatic heterocycles. The highest BCUT2D eigenvalue weighted by molar-refractivity contribution is 7.98. The summed E-state index contributed by atoms with van der Waals surface area (Å²) in [6.07, 6.45) is 2.75. The maximum atomic E-state index is 12.5. The molecule has 1 atom stereocenters. The number of anilines is 2. The molecule has 27 heavy (non-hydrogen) atoms. The van der Waals surface area contributed by atoms with Crippen LogP contribution in [-0.2, 0) is 24.8 Å². The molecular formula is C16H27N3O5S3. The van der Waals surface area contributed by atoms with Crippen LogP contribution >= 0.6 is 11.8 Å². The Balaban J connectivity index is 2.80. The van der Waals surface area contributed by atoms with Crippen molar-refractivity contribution in [3.05, 3.63) is 24.3 Å². The third-order valence-electron chi connectivity index (χ3n) is 3.53. The first-order valence-corrected chi connectivity index (χ1v) is 13.2. The maximum absolute atomic E-state index is 12.5. The van der Waals surface area contributed by atoms with E-state index in [0.29, 0.717) is 30.0 Å². The van der Waals surface area contributed by atoms with Gasteiger partial charge in [-0.1, -0.05) is 6.92 Å². The molecule has 0 aliphatic carbocycles. The molecule has 0 spiro atoms. The number of benzene rings is 1. The zero-order valence-electron chi connectivity index (χ0n) is 15.7. The maximum Gasteiger partial charge on any atom is 0.242 e. The van der Waals surface area contributed by atoms with Crippen molar-refractivity contribution in [2.45, 2.75) is 32.7 Å². The molecular weight excluding hydrogens is 410 g/mol. The Hall–Kier alpha value is -1.30. The SMILES string of the molecule is CCCS(=O)(=O)Nc1ccc(NC(=O)C(CCSC)NS(=O)(=O)CC)cc1. The van der Waals surface area contributed by atoms with Gasteiger partial charge < -0.3 is 5.32 Å². The van der Waals surface area contributed by atoms with Gasteiger partial charge in [0.05, 0.1) is 11.5 Å². The largest absolute Gasteiger partial charge is 0.325 e. The number of amides is 1. The van der Waals surface area contributed by atoms with Crippen LogP contribution in [0.2, 0.25) is 0 Å². The molecule has 0 bridgehead atoms. The molecule has 0 saturated carbocycles. The molecule has 154 valence electrons. The minimum Gasteiger partial charge on any atom is -0.325 e. The predicted molar refractivity (Wildman–Crippen MR) is 112 cm³/mol. The van der Waals surface area contributed by atoms with Gasteiger partial charge in [-0.3, -0.25) is 9.52 Å². The highest BCUT2D eigenvalue weighted by Gasteiger charge is 2.23. The summed E-state index contributed by atoms with van der Waals surface area (Å²) in [4.78, 5) is 12.5. The van der Waals surface area contributed by atoms with Gasteiger partial charge in [-0.05, 0) is 56.0 Å². The van der Waals surface area contributed by atoms with E-state index in [9.17, 15) is 21.6 Å². The van der Waals surface area contributed by atoms with E-state index >= 15 is 0 Å². The second kappa shape index (κ2) is 10.9. The van der Waals surface area contributed by atoms with Crippen molar-refractivity contribution in [2.75, 3.05) is 33.6 Å². The number of hydrogen-bond donors (Lipinski definition) is 3. The highest BCUT2D eigenvalue weighted by Crippen LogP contribution is 2.16. The van der Waals surface area contributed by atoms with Crippen LogP contribution in [0.4, 0.5) is 11.4 Å². The zero-order valence-corrected chi connectivity index (χ0v) is 18.1. The van der Waals surface area contributed by atoms with Crippen LogP contribution in [0.15, 0.2) is 24.3 Å². The lowest BCUT2D eigenvalue weighted by atomic mass is 10.2. The van der Waals surface area contributed by atoms with E-state index in [1.54, 1.807) is 19.1 Å². The highest BCUT2D eigenvalue weighted by atomic mass is 32.2. The fourth-order valence-corrected chi connectivity index (χ4v) is 4.56. The smallest absolute Gasteiger partial charge is 0.242 e. The first-order valence-electron chi connectivity index (χ1n) is 8.52. The predicted octanol–water partition coefficient (Wildman–Crippen LogP) is 1.84. The Morgan fingerprint density at radius 2 is 1.63 bits per heavy atom. The molecule has 0 heterocycles. The number of thioether (sulfide) groups is 1. The molecule has 1 rings (SSSR count). The second-order valence-corrected chi connectivity index (χ2v) is 10.7. The van der Waals surface area contributed by atoms with Gasteiger partial charge in [-0.15, -0.1) is 0 Å². The Labute approximate surface area is 166 Å². The third-order valence-corrected chi connectivity index (χ3v) is 7.07. The first kappa shape index (κ1) is 23.7. The molecule has 0 aromatic heterocycles. The molecule has 1 unspecified atom stereocenters. The van der Waals surface area contributed by atoms with Crippen molar-refractivity contribution in [1.29, 1.82) is 0 Å². The summed E-state index contributed by atoms with van der Waals surface area (Å²) < 4.78 is 52.0. The molecule has 11 heteroatoms. The Kier molecular flexibility index (Phi) is 9.57. The van der Waals surface area contributed by atoms with Gasteiger partial charge >= 0.3 is 0 Å². The molecule has 8 nitrogen and oxygen atoms in total. The molecule has 0 saturated heterocycles. The van der Waals surface area contributed by atoms with E-state index in [2.05, 4.69) is 14.8 Å². The number of rotatable bonds is 12. The van der Waals surface area contributed by atoms with Crippen molar-refractivity contribution in [1.82, 2.24) is 4.72 Å². The van der Waals surface area contributed by atoms with Crippen LogP contribution in [0.25, 0.3) is 0 Å². The van der Waals surface area contributed by atoms with Crippen molar-refractivity contribution in [3.8, 4) is 0 Å². The van der Waals surface area contributed by atoms with Gasteiger partial charge in [-0.2, -0.15) is 11.8 Å². The van der Waals surface area contributed by atoms with E-state index in [4.69, 9.17) is 0 Å². The minimum absolute atomic E-state index is 0.0280. The van der Waals surface area contributed by atoms with Gasteiger partial charge in [0.2, 0.25) is 26.0 Å². The zero-order chi connectivity index (χ0) is 20.5. The monoisotopic (exact) mass is 437 g/mol. The standard InChI is InChI=1S/C16H27N3O5S3/c1-4-12-27(23,24)18-14-8-6-13(7-9-14)17-16(20)15(10-11-25-3)19-26(21,22)5-2/h6-9,15,18-19H,4-5,10-12H2,1-3H3,(H,17,20). The summed E-state index contributed by atoms with van der Waals surface area (Å²) in [7, 11) is -6.90. The van der Waals surface area contributed by atoms with Crippen molar-refractivity contribution in [2.24, 2.45) is 0 Å². The van der Waals surface area contributed by atoms with E-state index in [1.807, 2.05) is 6.26 Å². The molecule has 0 radical (unpaired) electrons. The Bertz CT molecular complexity index is 808. The van der Waals surface area contributed by atoms with Crippen LogP contribution in [-0.4, -0.2) is 52.3 Å². The van der Waals surface area contributed by atoms with Gasteiger partial charge in [-0.25, -0.2) is 21.6 Å². The normalized spacial score (nSPS) is 13.1. The summed E-state index contributed by atoms with van der Waals surface area (Å²) in [6, 6.07) is 5.32. The average molecular weight is 438 g/mol. The lowest BCUT2D eigenvalue weighted by Crippen LogP contribution is -2.44. The third kappa shape index (κ3) is 8.96. The van der Waals surface area contributed by atoms with E-state index < -0.39 is 32.0 Å². The minimum atomic E-state index is -3.52. The van der Waals surface area contributed by atoms with Gasteiger partial charge in [0.1, 0.15) is 6.04 Å². The van der Waals surface area contributed by atoms with Crippen molar-refractivity contribution >= 4 is 49.1 Å². The molecule has 0 fully saturated rings. The van der Waals surface area contributed by atoms with E-state index in [-0.39, 0.29) is 11.5 Å². The number of sulfonamides is 2. The quantitative estimate of drug-likeness (QED) is 0.459. The van der Waals surface area contributed by atoms with Crippen LogP contribution in [0.1, 0.15) is 26.7 Å². The summed E-state index contributed by atoms with van der Waals surface area (Å²) in [6.45, 7) is 3.28. The average Bonchev–Trinajstić information content (AvgIpc) is 2.59. The lowest BCUT2D eigenvalue weighted by molar-refractivity contribution is -0.117. The molecule has 0 aliphatic rings. The molecule has 1 aromatic rings. The topological polar surface area (TPSA) is 121 Å². The van der Waals surface area contributed by atoms with Crippen LogP contribution < -0.4 is 14.8 Å². The Morgan fingerprint density at radius 1 is 1.04 bits per heavy atom. The van der Waals surface area contributed by atoms with Crippen LogP contribution in [0.3, 0.4) is 0 Å². The number of nitrogens with one attached hydrogen (secondary N) is 3. The van der Waals surface area contributed by atoms with Crippen LogP contribution in [0.5, 0.6) is 0 Å². The summed E-state index contributed by atoms with van der Waals surface area (Å²) in [5, 5.41) is 2.66. The van der Waals surface area contributed by atoms with Gasteiger partial charge in [0, 0.05) is 11.4 Å². The fourth-order valence-electron chi connectivity index (χ4n) is 2.13. The van der Waals surface area contributed by atoms with Gasteiger partial charge in [0.15, 0.2) is 0 Å². The number of hydrogen-bond acceptors (Lipinski definition) is 6. The molecule has 3 N–H and O–H groups in total. The first-order chi connectivity index (χ1) is 12.6. The molecule has 1 aromatic carbocycles. The number of carbonyl (C=O) groups is 1. The number of carbonyl (C=O) groups excluding carboxylic acids is 1. The van der Waals surface area contributed by atoms with E-state index in [0.717, 1.165) is 0 Å². The second-order valence-electron chi connectivity index (χ2n) is 5.84. The van der Waals surface area contributed by atoms with E-state index in [1.165, 1.54) is 30.8 Å². The lowest BCUT2D eigenvalue weighted by Gasteiger charge is -2.18. The van der Waals surface area contributed by atoms with Crippen molar-refractivity contribution < 1.29 is 21.6 Å². The van der Waals surface area contributed by atoms with Gasteiger partial charge in [0.25, 0.3) is 0 Å². The summed E-state index contributed by atoms with van der Waals surface area (Å²) >= 11 is 1.52. The van der Waals surface area contributed by atoms with Crippen LogP contribution in [0, 0.1) is 0 Å². The molecule has 1 amide bonds. The summed E-state index contributed by atoms with van der Waals surface area (Å²) in [5.41, 5.74) is 0.843. The van der Waals surface area contributed by atoms with Crippen molar-refractivity contribution in [3.63, 3.8) is 0 Å². The summed E-state index contributed by atoms with van der Waals surface area (Å²) in [5.74, 6) is 0.0889. The fraction of sp³-hybridized carbons (Fsp3) is 0.562.